The number of imidazole rings is 1. The molecule has 0 radical (unpaired) electrons. The van der Waals surface area contributed by atoms with Crippen molar-refractivity contribution >= 4 is 5.97 Å². The molecule has 0 unspecified atom stereocenters. The second-order valence-electron chi connectivity index (χ2n) is 3.60. The SMILES string of the molecule is COC(=O)Cc1nc(C(C)C)c(C)[nH]1. The van der Waals surface area contributed by atoms with Gasteiger partial charge >= 0.3 is 5.97 Å². The topological polar surface area (TPSA) is 55.0 Å². The van der Waals surface area contributed by atoms with E-state index >= 15 is 0 Å². The number of aromatic nitrogens is 2. The third-order valence-electron chi connectivity index (χ3n) is 2.06. The van der Waals surface area contributed by atoms with Crippen molar-refractivity contribution < 1.29 is 9.53 Å². The molecule has 0 saturated carbocycles. The molecule has 4 nitrogen and oxygen atoms in total. The highest BCUT2D eigenvalue weighted by Crippen LogP contribution is 2.16. The van der Waals surface area contributed by atoms with E-state index in [4.69, 9.17) is 0 Å². The molecule has 78 valence electrons. The number of carbonyl (C=O) groups excluding carboxylic acids is 1. The fourth-order valence-corrected chi connectivity index (χ4v) is 1.39. The van der Waals surface area contributed by atoms with E-state index < -0.39 is 0 Å². The summed E-state index contributed by atoms with van der Waals surface area (Å²) in [5, 5.41) is 0. The average molecular weight is 196 g/mol. The Hall–Kier alpha value is -1.32. The maximum Gasteiger partial charge on any atom is 0.313 e. The minimum Gasteiger partial charge on any atom is -0.469 e. The zero-order valence-corrected chi connectivity index (χ0v) is 9.05. The van der Waals surface area contributed by atoms with Gasteiger partial charge in [-0.15, -0.1) is 0 Å². The summed E-state index contributed by atoms with van der Waals surface area (Å²) >= 11 is 0. The van der Waals surface area contributed by atoms with Crippen LogP contribution in [0.2, 0.25) is 0 Å². The van der Waals surface area contributed by atoms with E-state index in [9.17, 15) is 4.79 Å². The minimum atomic E-state index is -0.269. The Bertz CT molecular complexity index is 329. The Morgan fingerprint density at radius 3 is 2.64 bits per heavy atom. The van der Waals surface area contributed by atoms with Crippen molar-refractivity contribution in [1.29, 1.82) is 0 Å². The average Bonchev–Trinajstić information content (AvgIpc) is 2.46. The third kappa shape index (κ3) is 2.34. The van der Waals surface area contributed by atoms with E-state index in [1.165, 1.54) is 7.11 Å². The van der Waals surface area contributed by atoms with Crippen LogP contribution in [0, 0.1) is 6.92 Å². The molecule has 1 aromatic rings. The normalized spacial score (nSPS) is 10.6. The number of esters is 1. The summed E-state index contributed by atoms with van der Waals surface area (Å²) in [7, 11) is 1.38. The van der Waals surface area contributed by atoms with Crippen molar-refractivity contribution in [2.24, 2.45) is 0 Å². The summed E-state index contributed by atoms with van der Waals surface area (Å²) in [6, 6.07) is 0. The molecule has 14 heavy (non-hydrogen) atoms. The number of ether oxygens (including phenoxy) is 1. The van der Waals surface area contributed by atoms with Crippen LogP contribution in [0.3, 0.4) is 0 Å². The lowest BCUT2D eigenvalue weighted by molar-refractivity contribution is -0.139. The quantitative estimate of drug-likeness (QED) is 0.746. The fourth-order valence-electron chi connectivity index (χ4n) is 1.39. The summed E-state index contributed by atoms with van der Waals surface area (Å²) < 4.78 is 4.56. The first-order chi connectivity index (χ1) is 6.54. The number of rotatable bonds is 3. The second-order valence-corrected chi connectivity index (χ2v) is 3.60. The molecule has 0 aliphatic rings. The van der Waals surface area contributed by atoms with Gasteiger partial charge in [0.15, 0.2) is 0 Å². The summed E-state index contributed by atoms with van der Waals surface area (Å²) in [6.07, 6.45) is 0.212. The molecule has 0 amide bonds. The number of methoxy groups -OCH3 is 1. The number of aromatic amines is 1. The molecule has 0 atom stereocenters. The summed E-state index contributed by atoms with van der Waals surface area (Å²) in [5.41, 5.74) is 2.04. The molecular formula is C10H16N2O2. The predicted molar refractivity (Wildman–Crippen MR) is 53.1 cm³/mol. The van der Waals surface area contributed by atoms with Crippen molar-refractivity contribution in [1.82, 2.24) is 9.97 Å². The Labute approximate surface area is 83.7 Å². The van der Waals surface area contributed by atoms with Gasteiger partial charge in [0, 0.05) is 5.69 Å². The predicted octanol–water partition coefficient (Wildman–Crippen LogP) is 1.56. The molecule has 0 spiro atoms. The molecule has 0 aliphatic carbocycles. The van der Waals surface area contributed by atoms with Crippen molar-refractivity contribution in [2.75, 3.05) is 7.11 Å². The number of aryl methyl sites for hydroxylation is 1. The van der Waals surface area contributed by atoms with Crippen molar-refractivity contribution in [3.8, 4) is 0 Å². The number of nitrogens with zero attached hydrogens (tertiary/aromatic N) is 1. The zero-order chi connectivity index (χ0) is 10.7. The minimum absolute atomic E-state index is 0.212. The van der Waals surface area contributed by atoms with E-state index in [-0.39, 0.29) is 12.4 Å². The molecule has 4 heteroatoms. The number of hydrogen-bond donors (Lipinski definition) is 1. The van der Waals surface area contributed by atoms with Gasteiger partial charge in [0.1, 0.15) is 12.2 Å². The second kappa shape index (κ2) is 4.26. The van der Waals surface area contributed by atoms with Crippen molar-refractivity contribution in [3.05, 3.63) is 17.2 Å². The summed E-state index contributed by atoms with van der Waals surface area (Å²) in [5.74, 6) is 0.782. The van der Waals surface area contributed by atoms with Gasteiger partial charge in [-0.25, -0.2) is 4.98 Å². The van der Waals surface area contributed by atoms with Crippen LogP contribution in [0.5, 0.6) is 0 Å². The number of nitrogens with one attached hydrogen (secondary N) is 1. The van der Waals surface area contributed by atoms with Crippen LogP contribution in [0.1, 0.15) is 37.0 Å². The standard InChI is InChI=1S/C10H16N2O2/c1-6(2)10-7(3)11-8(12-10)5-9(13)14-4/h6H,5H2,1-4H3,(H,11,12). The molecule has 1 aromatic heterocycles. The third-order valence-corrected chi connectivity index (χ3v) is 2.06. The fraction of sp³-hybridized carbons (Fsp3) is 0.600. The van der Waals surface area contributed by atoms with Gasteiger partial charge < -0.3 is 9.72 Å². The van der Waals surface area contributed by atoms with E-state index in [0.717, 1.165) is 11.4 Å². The molecule has 1 heterocycles. The van der Waals surface area contributed by atoms with Crippen molar-refractivity contribution in [2.45, 2.75) is 33.1 Å². The molecule has 1 N–H and O–H groups in total. The van der Waals surface area contributed by atoms with Crippen LogP contribution in [-0.2, 0) is 16.0 Å². The van der Waals surface area contributed by atoms with Crippen LogP contribution in [0.4, 0.5) is 0 Å². The summed E-state index contributed by atoms with van der Waals surface area (Å²) in [4.78, 5) is 18.4. The van der Waals surface area contributed by atoms with Gasteiger partial charge in [-0.05, 0) is 12.8 Å². The molecule has 0 aliphatic heterocycles. The van der Waals surface area contributed by atoms with Crippen molar-refractivity contribution in [3.63, 3.8) is 0 Å². The monoisotopic (exact) mass is 196 g/mol. The number of H-pyrrole nitrogens is 1. The molecule has 0 bridgehead atoms. The van der Waals surface area contributed by atoms with E-state index in [0.29, 0.717) is 11.7 Å². The van der Waals surface area contributed by atoms with Crippen LogP contribution in [0.25, 0.3) is 0 Å². The maximum atomic E-state index is 11.0. The molecule has 1 rings (SSSR count). The lowest BCUT2D eigenvalue weighted by Gasteiger charge is -1.99. The number of carbonyl (C=O) groups is 1. The van der Waals surface area contributed by atoms with Crippen LogP contribution in [-0.4, -0.2) is 23.0 Å². The van der Waals surface area contributed by atoms with Crippen LogP contribution in [0.15, 0.2) is 0 Å². The largest absolute Gasteiger partial charge is 0.469 e. The lowest BCUT2D eigenvalue weighted by Crippen LogP contribution is -2.05. The van der Waals surface area contributed by atoms with Gasteiger partial charge in [0.05, 0.1) is 12.8 Å². The molecular weight excluding hydrogens is 180 g/mol. The Balaban J connectivity index is 2.81. The van der Waals surface area contributed by atoms with Gasteiger partial charge in [0.2, 0.25) is 0 Å². The first-order valence-corrected chi connectivity index (χ1v) is 4.66. The van der Waals surface area contributed by atoms with Gasteiger partial charge in [-0.2, -0.15) is 0 Å². The van der Waals surface area contributed by atoms with Crippen LogP contribution >= 0.6 is 0 Å². The highest BCUT2D eigenvalue weighted by molar-refractivity contribution is 5.71. The first kappa shape index (κ1) is 10.8. The van der Waals surface area contributed by atoms with E-state index in [1.54, 1.807) is 0 Å². The Morgan fingerprint density at radius 1 is 1.57 bits per heavy atom. The van der Waals surface area contributed by atoms with Crippen LogP contribution < -0.4 is 0 Å². The highest BCUT2D eigenvalue weighted by Gasteiger charge is 2.12. The Kier molecular flexibility index (Phi) is 3.28. The van der Waals surface area contributed by atoms with E-state index in [2.05, 4.69) is 28.6 Å². The van der Waals surface area contributed by atoms with Gasteiger partial charge in [0.25, 0.3) is 0 Å². The first-order valence-electron chi connectivity index (χ1n) is 4.66. The smallest absolute Gasteiger partial charge is 0.313 e. The molecule has 0 fully saturated rings. The molecule has 0 aromatic carbocycles. The lowest BCUT2D eigenvalue weighted by atomic mass is 10.1. The number of hydrogen-bond acceptors (Lipinski definition) is 3. The highest BCUT2D eigenvalue weighted by atomic mass is 16.5. The molecule has 0 saturated heterocycles. The maximum absolute atomic E-state index is 11.0. The van der Waals surface area contributed by atoms with E-state index in [1.807, 2.05) is 6.92 Å². The van der Waals surface area contributed by atoms with Gasteiger partial charge in [-0.1, -0.05) is 13.8 Å². The Morgan fingerprint density at radius 2 is 2.21 bits per heavy atom. The zero-order valence-electron chi connectivity index (χ0n) is 9.05. The summed E-state index contributed by atoms with van der Waals surface area (Å²) in [6.45, 7) is 6.11. The van der Waals surface area contributed by atoms with Gasteiger partial charge in [-0.3, -0.25) is 4.79 Å².